The fourth-order valence-electron chi connectivity index (χ4n) is 1.97. The molecule has 0 radical (unpaired) electrons. The SMILES string of the molecule is CCCNC(=O)CCC(=O)N[C@@H](CC(=O)O)c1ccc(Cl)cc1. The topological polar surface area (TPSA) is 95.5 Å². The van der Waals surface area contributed by atoms with Crippen LogP contribution in [0.4, 0.5) is 0 Å². The van der Waals surface area contributed by atoms with Crippen molar-refractivity contribution >= 4 is 29.4 Å². The lowest BCUT2D eigenvalue weighted by Gasteiger charge is -2.17. The Morgan fingerprint density at radius 2 is 1.74 bits per heavy atom. The number of amides is 2. The van der Waals surface area contributed by atoms with E-state index in [9.17, 15) is 14.4 Å². The van der Waals surface area contributed by atoms with Gasteiger partial charge in [-0.05, 0) is 24.1 Å². The molecular weight excluding hydrogens is 320 g/mol. The van der Waals surface area contributed by atoms with Crippen molar-refractivity contribution in [3.63, 3.8) is 0 Å². The van der Waals surface area contributed by atoms with Gasteiger partial charge in [0.15, 0.2) is 0 Å². The second kappa shape index (κ2) is 9.84. The van der Waals surface area contributed by atoms with Crippen molar-refractivity contribution in [3.8, 4) is 0 Å². The Labute approximate surface area is 140 Å². The largest absolute Gasteiger partial charge is 0.481 e. The van der Waals surface area contributed by atoms with Crippen LogP contribution in [-0.4, -0.2) is 29.4 Å². The fourth-order valence-corrected chi connectivity index (χ4v) is 2.09. The van der Waals surface area contributed by atoms with Gasteiger partial charge in [-0.2, -0.15) is 0 Å². The van der Waals surface area contributed by atoms with Gasteiger partial charge in [-0.15, -0.1) is 0 Å². The standard InChI is InChI=1S/C16H21ClN2O4/c1-2-9-18-14(20)7-8-15(21)19-13(10-16(22)23)11-3-5-12(17)6-4-11/h3-6,13H,2,7-10H2,1H3,(H,18,20)(H,19,21)(H,22,23)/t13-/m0/s1. The van der Waals surface area contributed by atoms with E-state index in [0.29, 0.717) is 17.1 Å². The Bertz CT molecular complexity index is 546. The molecule has 0 heterocycles. The molecule has 0 fully saturated rings. The number of hydrogen-bond donors (Lipinski definition) is 3. The monoisotopic (exact) mass is 340 g/mol. The predicted octanol–water partition coefficient (Wildman–Crippen LogP) is 2.28. The molecule has 6 nitrogen and oxygen atoms in total. The van der Waals surface area contributed by atoms with Gasteiger partial charge in [0, 0.05) is 24.4 Å². The number of nitrogens with one attached hydrogen (secondary N) is 2. The first-order valence-corrected chi connectivity index (χ1v) is 7.83. The van der Waals surface area contributed by atoms with Crippen LogP contribution < -0.4 is 10.6 Å². The number of halogens is 1. The van der Waals surface area contributed by atoms with Crippen molar-refractivity contribution in [2.45, 2.75) is 38.6 Å². The summed E-state index contributed by atoms with van der Waals surface area (Å²) in [6.45, 7) is 2.52. The van der Waals surface area contributed by atoms with E-state index < -0.39 is 12.0 Å². The van der Waals surface area contributed by atoms with Crippen LogP contribution in [0.2, 0.25) is 5.02 Å². The Morgan fingerprint density at radius 1 is 1.13 bits per heavy atom. The minimum absolute atomic E-state index is 0.0132. The zero-order valence-corrected chi connectivity index (χ0v) is 13.7. The molecule has 0 unspecified atom stereocenters. The Kier molecular flexibility index (Phi) is 8.11. The van der Waals surface area contributed by atoms with Gasteiger partial charge in [0.25, 0.3) is 0 Å². The Morgan fingerprint density at radius 3 is 2.30 bits per heavy atom. The summed E-state index contributed by atoms with van der Waals surface area (Å²) in [5.74, 6) is -1.58. The van der Waals surface area contributed by atoms with Gasteiger partial charge in [0.1, 0.15) is 0 Å². The minimum atomic E-state index is -1.02. The van der Waals surface area contributed by atoms with Crippen LogP contribution in [0.15, 0.2) is 24.3 Å². The van der Waals surface area contributed by atoms with E-state index in [2.05, 4.69) is 10.6 Å². The second-order valence-corrected chi connectivity index (χ2v) is 5.56. The van der Waals surface area contributed by atoms with E-state index in [0.717, 1.165) is 6.42 Å². The molecule has 1 aromatic rings. The Hall–Kier alpha value is -2.08. The van der Waals surface area contributed by atoms with Crippen molar-refractivity contribution in [2.75, 3.05) is 6.54 Å². The van der Waals surface area contributed by atoms with Crippen molar-refractivity contribution in [3.05, 3.63) is 34.9 Å². The normalized spacial score (nSPS) is 11.6. The summed E-state index contributed by atoms with van der Waals surface area (Å²) < 4.78 is 0. The number of rotatable bonds is 9. The fraction of sp³-hybridized carbons (Fsp3) is 0.438. The molecule has 7 heteroatoms. The van der Waals surface area contributed by atoms with Crippen LogP contribution in [0, 0.1) is 0 Å². The summed E-state index contributed by atoms with van der Waals surface area (Å²) in [5, 5.41) is 14.9. The number of carboxylic acids is 1. The summed E-state index contributed by atoms with van der Waals surface area (Å²) >= 11 is 5.81. The van der Waals surface area contributed by atoms with Gasteiger partial charge in [0.05, 0.1) is 12.5 Å². The highest BCUT2D eigenvalue weighted by molar-refractivity contribution is 6.30. The molecular formula is C16H21ClN2O4. The highest BCUT2D eigenvalue weighted by atomic mass is 35.5. The number of carboxylic acid groups (broad SMARTS) is 1. The molecule has 0 bridgehead atoms. The molecule has 1 rings (SSSR count). The first kappa shape index (κ1) is 19.0. The van der Waals surface area contributed by atoms with Crippen molar-refractivity contribution in [1.82, 2.24) is 10.6 Å². The number of aliphatic carboxylic acids is 1. The first-order valence-electron chi connectivity index (χ1n) is 7.45. The summed E-state index contributed by atoms with van der Waals surface area (Å²) in [4.78, 5) is 34.4. The third-order valence-electron chi connectivity index (χ3n) is 3.14. The van der Waals surface area contributed by atoms with E-state index in [-0.39, 0.29) is 31.1 Å². The summed E-state index contributed by atoms with van der Waals surface area (Å²) in [5.41, 5.74) is 0.653. The Balaban J connectivity index is 2.59. The maximum absolute atomic E-state index is 11.9. The summed E-state index contributed by atoms with van der Waals surface area (Å²) in [7, 11) is 0. The molecule has 2 amide bonds. The average Bonchev–Trinajstić information content (AvgIpc) is 2.50. The molecule has 126 valence electrons. The smallest absolute Gasteiger partial charge is 0.305 e. The number of carbonyl (C=O) groups excluding carboxylic acids is 2. The van der Waals surface area contributed by atoms with Crippen LogP contribution in [-0.2, 0) is 14.4 Å². The lowest BCUT2D eigenvalue weighted by Crippen LogP contribution is -2.32. The van der Waals surface area contributed by atoms with Crippen LogP contribution in [0.1, 0.15) is 44.2 Å². The third-order valence-corrected chi connectivity index (χ3v) is 3.39. The number of carbonyl (C=O) groups is 3. The summed E-state index contributed by atoms with van der Waals surface area (Å²) in [6, 6.07) is 5.96. The molecule has 1 aromatic carbocycles. The molecule has 23 heavy (non-hydrogen) atoms. The van der Waals surface area contributed by atoms with E-state index >= 15 is 0 Å². The molecule has 0 aromatic heterocycles. The zero-order chi connectivity index (χ0) is 17.2. The van der Waals surface area contributed by atoms with Crippen LogP contribution >= 0.6 is 11.6 Å². The van der Waals surface area contributed by atoms with Gasteiger partial charge in [-0.1, -0.05) is 30.7 Å². The van der Waals surface area contributed by atoms with Crippen molar-refractivity contribution in [1.29, 1.82) is 0 Å². The quantitative estimate of drug-likeness (QED) is 0.642. The number of benzene rings is 1. The highest BCUT2D eigenvalue weighted by Crippen LogP contribution is 2.19. The molecule has 0 aliphatic heterocycles. The van der Waals surface area contributed by atoms with Gasteiger partial charge in [-0.25, -0.2) is 0 Å². The molecule has 1 atom stereocenters. The van der Waals surface area contributed by atoms with Gasteiger partial charge in [-0.3, -0.25) is 14.4 Å². The summed E-state index contributed by atoms with van der Waals surface area (Å²) in [6.07, 6.45) is 0.677. The molecule has 0 aliphatic rings. The van der Waals surface area contributed by atoms with Crippen LogP contribution in [0.3, 0.4) is 0 Å². The highest BCUT2D eigenvalue weighted by Gasteiger charge is 2.18. The molecule has 3 N–H and O–H groups in total. The molecule has 0 spiro atoms. The van der Waals surface area contributed by atoms with E-state index in [4.69, 9.17) is 16.7 Å². The van der Waals surface area contributed by atoms with Gasteiger partial charge in [0.2, 0.25) is 11.8 Å². The lowest BCUT2D eigenvalue weighted by molar-refractivity contribution is -0.138. The van der Waals surface area contributed by atoms with Gasteiger partial charge < -0.3 is 15.7 Å². The van der Waals surface area contributed by atoms with Gasteiger partial charge >= 0.3 is 5.97 Å². The lowest BCUT2D eigenvalue weighted by atomic mass is 10.0. The second-order valence-electron chi connectivity index (χ2n) is 5.12. The number of hydrogen-bond acceptors (Lipinski definition) is 3. The molecule has 0 saturated heterocycles. The average molecular weight is 341 g/mol. The molecule has 0 saturated carbocycles. The third kappa shape index (κ3) is 7.65. The first-order chi connectivity index (χ1) is 10.9. The van der Waals surface area contributed by atoms with Crippen molar-refractivity contribution in [2.24, 2.45) is 0 Å². The predicted molar refractivity (Wildman–Crippen MR) is 87.1 cm³/mol. The van der Waals surface area contributed by atoms with Crippen LogP contribution in [0.25, 0.3) is 0 Å². The van der Waals surface area contributed by atoms with E-state index in [1.54, 1.807) is 24.3 Å². The van der Waals surface area contributed by atoms with Crippen molar-refractivity contribution < 1.29 is 19.5 Å². The van der Waals surface area contributed by atoms with E-state index in [1.165, 1.54) is 0 Å². The molecule has 0 aliphatic carbocycles. The maximum Gasteiger partial charge on any atom is 0.305 e. The minimum Gasteiger partial charge on any atom is -0.481 e. The van der Waals surface area contributed by atoms with Crippen LogP contribution in [0.5, 0.6) is 0 Å². The maximum atomic E-state index is 11.9. The van der Waals surface area contributed by atoms with E-state index in [1.807, 2.05) is 6.92 Å². The zero-order valence-electron chi connectivity index (χ0n) is 13.0.